The van der Waals surface area contributed by atoms with Crippen LogP contribution in [0.2, 0.25) is 0 Å². The molecule has 7 rings (SSSR count). The number of pyridine rings is 3. The van der Waals surface area contributed by atoms with Crippen LogP contribution < -0.4 is 0 Å². The molecule has 0 spiro atoms. The molecule has 4 aromatic heterocycles. The van der Waals surface area contributed by atoms with Crippen molar-refractivity contribution in [2.24, 2.45) is 0 Å². The van der Waals surface area contributed by atoms with Gasteiger partial charge < -0.3 is 0 Å². The second-order valence-corrected chi connectivity index (χ2v) is 7.38. The number of rotatable bonds is 0. The molecule has 4 heterocycles. The van der Waals surface area contributed by atoms with E-state index in [1.54, 1.807) is 0 Å². The minimum atomic E-state index is 0.936. The summed E-state index contributed by atoms with van der Waals surface area (Å²) >= 11 is 0. The van der Waals surface area contributed by atoms with Gasteiger partial charge in [-0.15, -0.1) is 0 Å². The summed E-state index contributed by atoms with van der Waals surface area (Å²) < 4.78 is 2.28. The maximum Gasteiger partial charge on any atom is 0.146 e. The Bertz CT molecular complexity index is 1590. The summed E-state index contributed by atoms with van der Waals surface area (Å²) in [6.07, 6.45) is 8.46. The first-order valence-electron chi connectivity index (χ1n) is 9.42. The predicted molar refractivity (Wildman–Crippen MR) is 112 cm³/mol. The summed E-state index contributed by atoms with van der Waals surface area (Å²) in [6.45, 7) is 0. The van der Waals surface area contributed by atoms with Crippen LogP contribution >= 0.6 is 0 Å². The Morgan fingerprint density at radius 3 is 2.54 bits per heavy atom. The summed E-state index contributed by atoms with van der Waals surface area (Å²) in [7, 11) is 0. The molecule has 0 fully saturated rings. The number of benzene rings is 2. The van der Waals surface area contributed by atoms with Crippen LogP contribution in [0.4, 0.5) is 0 Å². The van der Waals surface area contributed by atoms with Crippen molar-refractivity contribution in [1.82, 2.24) is 19.4 Å². The zero-order valence-corrected chi connectivity index (χ0v) is 14.9. The molecule has 0 unspecified atom stereocenters. The number of aromatic nitrogens is 4. The van der Waals surface area contributed by atoms with Crippen molar-refractivity contribution in [3.05, 3.63) is 84.4 Å². The Labute approximate surface area is 160 Å². The zero-order valence-electron chi connectivity index (χ0n) is 14.9. The van der Waals surface area contributed by atoms with Crippen LogP contribution in [0, 0.1) is 0 Å². The van der Waals surface area contributed by atoms with Crippen LogP contribution in [0.15, 0.2) is 73.3 Å². The highest BCUT2D eigenvalue weighted by Crippen LogP contribution is 2.41. The van der Waals surface area contributed by atoms with Crippen molar-refractivity contribution < 1.29 is 0 Å². The van der Waals surface area contributed by atoms with Gasteiger partial charge in [0.05, 0.1) is 16.6 Å². The predicted octanol–water partition coefficient (Wildman–Crippen LogP) is 5.16. The van der Waals surface area contributed by atoms with Gasteiger partial charge in [-0.3, -0.25) is 14.4 Å². The summed E-state index contributed by atoms with van der Waals surface area (Å²) in [5.74, 6) is 0. The van der Waals surface area contributed by atoms with E-state index in [0.29, 0.717) is 0 Å². The largest absolute Gasteiger partial charge is 0.292 e. The fraction of sp³-hybridized carbons (Fsp3) is 0.0417. The average Bonchev–Trinajstić information content (AvgIpc) is 3.33. The van der Waals surface area contributed by atoms with Gasteiger partial charge in [0.25, 0.3) is 0 Å². The highest BCUT2D eigenvalue weighted by Gasteiger charge is 2.23. The van der Waals surface area contributed by atoms with Crippen molar-refractivity contribution in [3.63, 3.8) is 0 Å². The first kappa shape index (κ1) is 14.3. The van der Waals surface area contributed by atoms with E-state index >= 15 is 0 Å². The third kappa shape index (κ3) is 1.63. The molecule has 0 N–H and O–H groups in total. The van der Waals surface area contributed by atoms with E-state index in [0.717, 1.165) is 44.8 Å². The molecule has 4 nitrogen and oxygen atoms in total. The number of hydrogen-bond acceptors (Lipinski definition) is 3. The van der Waals surface area contributed by atoms with E-state index in [-0.39, 0.29) is 0 Å². The Morgan fingerprint density at radius 1 is 0.714 bits per heavy atom. The third-order valence-electron chi connectivity index (χ3n) is 6.00. The summed E-state index contributed by atoms with van der Waals surface area (Å²) in [5, 5.41) is 3.30. The Kier molecular flexibility index (Phi) is 2.51. The molecular weight excluding hydrogens is 344 g/mol. The lowest BCUT2D eigenvalue weighted by Crippen LogP contribution is -1.92. The van der Waals surface area contributed by atoms with Gasteiger partial charge in [-0.05, 0) is 40.5 Å². The monoisotopic (exact) mass is 358 g/mol. The van der Waals surface area contributed by atoms with Gasteiger partial charge in [-0.25, -0.2) is 4.98 Å². The highest BCUT2D eigenvalue weighted by molar-refractivity contribution is 6.13. The zero-order chi connectivity index (χ0) is 18.2. The van der Waals surface area contributed by atoms with Crippen LogP contribution in [-0.2, 0) is 6.42 Å². The molecule has 0 radical (unpaired) electrons. The van der Waals surface area contributed by atoms with E-state index in [9.17, 15) is 0 Å². The first-order chi connectivity index (χ1) is 13.9. The molecule has 1 aliphatic carbocycles. The third-order valence-corrected chi connectivity index (χ3v) is 6.00. The smallest absolute Gasteiger partial charge is 0.146 e. The molecule has 0 bridgehead atoms. The quantitative estimate of drug-likeness (QED) is 0.352. The summed E-state index contributed by atoms with van der Waals surface area (Å²) in [4.78, 5) is 13.9. The SMILES string of the molecule is c1ccc2c(c1)Cc1c-2ccc2c1nc1c3ccncc3c3cnccc3n21. The van der Waals surface area contributed by atoms with Gasteiger partial charge >= 0.3 is 0 Å². The van der Waals surface area contributed by atoms with Gasteiger partial charge in [0.1, 0.15) is 5.65 Å². The normalized spacial score (nSPS) is 12.9. The fourth-order valence-corrected chi connectivity index (χ4v) is 4.78. The molecule has 0 amide bonds. The second kappa shape index (κ2) is 4.93. The molecule has 28 heavy (non-hydrogen) atoms. The Balaban J connectivity index is 1.72. The molecule has 2 aromatic carbocycles. The van der Waals surface area contributed by atoms with Gasteiger partial charge in [0.15, 0.2) is 0 Å². The minimum absolute atomic E-state index is 0.936. The van der Waals surface area contributed by atoms with Crippen molar-refractivity contribution in [1.29, 1.82) is 0 Å². The molecule has 0 saturated heterocycles. The van der Waals surface area contributed by atoms with E-state index in [4.69, 9.17) is 4.98 Å². The lowest BCUT2D eigenvalue weighted by molar-refractivity contribution is 1.27. The summed E-state index contributed by atoms with van der Waals surface area (Å²) in [5.41, 5.74) is 9.69. The highest BCUT2D eigenvalue weighted by atomic mass is 15.0. The van der Waals surface area contributed by atoms with E-state index in [2.05, 4.69) is 62.9 Å². The molecule has 130 valence electrons. The van der Waals surface area contributed by atoms with Crippen molar-refractivity contribution in [3.8, 4) is 11.1 Å². The van der Waals surface area contributed by atoms with Crippen molar-refractivity contribution in [2.45, 2.75) is 6.42 Å². The molecule has 6 aromatic rings. The number of nitrogens with zero attached hydrogens (tertiary/aromatic N) is 4. The fourth-order valence-electron chi connectivity index (χ4n) is 4.78. The molecular formula is C24H14N4. The van der Waals surface area contributed by atoms with Crippen LogP contribution in [0.5, 0.6) is 0 Å². The van der Waals surface area contributed by atoms with Crippen LogP contribution in [0.25, 0.3) is 49.5 Å². The molecule has 1 aliphatic rings. The van der Waals surface area contributed by atoms with Gasteiger partial charge in [-0.1, -0.05) is 30.3 Å². The van der Waals surface area contributed by atoms with Crippen LogP contribution in [-0.4, -0.2) is 19.4 Å². The van der Waals surface area contributed by atoms with Crippen molar-refractivity contribution in [2.75, 3.05) is 0 Å². The summed E-state index contributed by atoms with van der Waals surface area (Å²) in [6, 6.07) is 17.2. The number of fused-ring (bicyclic) bond motifs is 12. The lowest BCUT2D eigenvalue weighted by Gasteiger charge is -2.08. The first-order valence-corrected chi connectivity index (χ1v) is 9.42. The minimum Gasteiger partial charge on any atom is -0.292 e. The van der Waals surface area contributed by atoms with E-state index < -0.39 is 0 Å². The molecule has 0 atom stereocenters. The Hall–Kier alpha value is -3.79. The maximum absolute atomic E-state index is 5.16. The van der Waals surface area contributed by atoms with E-state index in [1.807, 2.05) is 24.8 Å². The average molecular weight is 358 g/mol. The topological polar surface area (TPSA) is 43.1 Å². The van der Waals surface area contributed by atoms with Gasteiger partial charge in [0, 0.05) is 47.4 Å². The molecule has 4 heteroatoms. The number of hydrogen-bond donors (Lipinski definition) is 0. The van der Waals surface area contributed by atoms with Gasteiger partial charge in [0.2, 0.25) is 0 Å². The van der Waals surface area contributed by atoms with Crippen LogP contribution in [0.3, 0.4) is 0 Å². The lowest BCUT2D eigenvalue weighted by atomic mass is 10.1. The maximum atomic E-state index is 5.16. The number of imidazole rings is 1. The standard InChI is InChI=1S/C24H14N4/c1-2-4-15-14(3-1)11-18-16(15)5-6-22-23(18)27-24-17-7-9-25-12-19(17)20-13-26-10-8-21(20)28(22)24/h1-10,12-13H,11H2. The Morgan fingerprint density at radius 2 is 1.57 bits per heavy atom. The van der Waals surface area contributed by atoms with Gasteiger partial charge in [-0.2, -0.15) is 0 Å². The molecule has 0 aliphatic heterocycles. The van der Waals surface area contributed by atoms with Crippen molar-refractivity contribution >= 4 is 38.4 Å². The van der Waals surface area contributed by atoms with Crippen LogP contribution in [0.1, 0.15) is 11.1 Å². The van der Waals surface area contributed by atoms with E-state index in [1.165, 1.54) is 22.3 Å². The molecule has 0 saturated carbocycles. The second-order valence-electron chi connectivity index (χ2n) is 7.38.